The van der Waals surface area contributed by atoms with E-state index in [1.165, 1.54) is 0 Å². The molecule has 9 N–H and O–H groups in total. The van der Waals surface area contributed by atoms with Gasteiger partial charge in [0.2, 0.25) is 6.29 Å². The molecule has 4 saturated carbocycles. The molecule has 1 aliphatic heterocycles. The molecular formula is C36H56O13. The van der Waals surface area contributed by atoms with E-state index in [-0.39, 0.29) is 12.3 Å². The number of carboxylic acid groups (broad SMARTS) is 1. The van der Waals surface area contributed by atoms with Crippen LogP contribution in [0.3, 0.4) is 0 Å². The number of aliphatic carboxylic acids is 1. The molecule has 0 bridgehead atoms. The fourth-order valence-corrected chi connectivity index (χ4v) is 12.1. The zero-order chi connectivity index (χ0) is 36.3. The van der Waals surface area contributed by atoms with Crippen molar-refractivity contribution in [3.8, 4) is 0 Å². The number of carboxylic acids is 1. The van der Waals surface area contributed by atoms with E-state index in [1.807, 2.05) is 20.8 Å². The number of hydrogen-bond acceptors (Lipinski definition) is 12. The van der Waals surface area contributed by atoms with E-state index in [9.17, 15) is 55.5 Å². The number of hydrogen-bond donors (Lipinski definition) is 9. The van der Waals surface area contributed by atoms with Gasteiger partial charge in [-0.25, -0.2) is 0 Å². The third-order valence-electron chi connectivity index (χ3n) is 15.4. The summed E-state index contributed by atoms with van der Waals surface area (Å²) in [6.07, 6.45) is -6.49. The second-order valence-electron chi connectivity index (χ2n) is 17.7. The largest absolute Gasteiger partial charge is 0.481 e. The lowest BCUT2D eigenvalue weighted by atomic mass is 9.33. The van der Waals surface area contributed by atoms with Crippen molar-refractivity contribution < 1.29 is 65.0 Å². The van der Waals surface area contributed by atoms with Crippen LogP contribution in [0.4, 0.5) is 0 Å². The van der Waals surface area contributed by atoms with E-state index in [1.54, 1.807) is 0 Å². The highest BCUT2D eigenvalue weighted by Crippen LogP contribution is 2.76. The number of aliphatic hydroxyl groups excluding tert-OH is 8. The summed E-state index contributed by atoms with van der Waals surface area (Å²) in [6, 6.07) is 0. The van der Waals surface area contributed by atoms with Crippen LogP contribution in [0, 0.1) is 50.2 Å². The fourth-order valence-electron chi connectivity index (χ4n) is 12.1. The molecule has 0 radical (unpaired) electrons. The lowest BCUT2D eigenvalue weighted by Gasteiger charge is -2.71. The topological polar surface area (TPSA) is 235 Å². The summed E-state index contributed by atoms with van der Waals surface area (Å²) < 4.78 is 11.4. The Morgan fingerprint density at radius 2 is 1.51 bits per heavy atom. The molecule has 6 aliphatic rings. The maximum Gasteiger partial charge on any atom is 0.315 e. The van der Waals surface area contributed by atoms with Crippen LogP contribution < -0.4 is 0 Å². The molecule has 1 saturated heterocycles. The third-order valence-corrected chi connectivity index (χ3v) is 15.4. The summed E-state index contributed by atoms with van der Waals surface area (Å²) in [7, 11) is 0. The summed E-state index contributed by atoms with van der Waals surface area (Å²) in [6.45, 7) is 8.77. The molecule has 0 aromatic carbocycles. The van der Waals surface area contributed by atoms with Gasteiger partial charge in [-0.05, 0) is 84.9 Å². The molecule has 0 aromatic rings. The van der Waals surface area contributed by atoms with Crippen molar-refractivity contribution in [1.29, 1.82) is 0 Å². The number of carbonyl (C=O) groups excluding carboxylic acids is 1. The number of aliphatic hydroxyl groups is 8. The molecule has 5 fully saturated rings. The van der Waals surface area contributed by atoms with Crippen LogP contribution in [0.15, 0.2) is 11.6 Å². The summed E-state index contributed by atoms with van der Waals surface area (Å²) in [5.74, 6) is -3.45. The molecule has 1 heterocycles. The Labute approximate surface area is 286 Å². The molecule has 6 rings (SSSR count). The number of fused-ring (bicyclic) bond motifs is 7. The normalized spacial score (nSPS) is 53.6. The zero-order valence-corrected chi connectivity index (χ0v) is 29.2. The average Bonchev–Trinajstić information content (AvgIpc) is 3.04. The Morgan fingerprint density at radius 3 is 2.12 bits per heavy atom. The Kier molecular flexibility index (Phi) is 9.03. The molecule has 0 spiro atoms. The van der Waals surface area contributed by atoms with E-state index < -0.39 is 118 Å². The lowest BCUT2D eigenvalue weighted by Crippen LogP contribution is -2.71. The molecule has 16 atom stereocenters. The van der Waals surface area contributed by atoms with Crippen LogP contribution in [0.5, 0.6) is 0 Å². The molecule has 13 nitrogen and oxygen atoms in total. The first kappa shape index (κ1) is 37.1. The predicted octanol–water partition coefficient (Wildman–Crippen LogP) is 0.471. The van der Waals surface area contributed by atoms with Crippen molar-refractivity contribution >= 4 is 11.9 Å². The maximum atomic E-state index is 14.4. The van der Waals surface area contributed by atoms with Gasteiger partial charge in [0.1, 0.15) is 29.8 Å². The average molecular weight is 697 g/mol. The van der Waals surface area contributed by atoms with Gasteiger partial charge in [-0.15, -0.1) is 0 Å². The maximum absolute atomic E-state index is 14.4. The molecule has 13 heteroatoms. The Balaban J connectivity index is 1.40. The molecule has 49 heavy (non-hydrogen) atoms. The highest BCUT2D eigenvalue weighted by Gasteiger charge is 2.73. The van der Waals surface area contributed by atoms with Crippen molar-refractivity contribution in [2.75, 3.05) is 13.2 Å². The van der Waals surface area contributed by atoms with Gasteiger partial charge in [0.05, 0.1) is 36.9 Å². The van der Waals surface area contributed by atoms with Gasteiger partial charge in [0.15, 0.2) is 0 Å². The second-order valence-corrected chi connectivity index (χ2v) is 17.7. The van der Waals surface area contributed by atoms with Crippen molar-refractivity contribution in [1.82, 2.24) is 0 Å². The zero-order valence-electron chi connectivity index (χ0n) is 29.2. The van der Waals surface area contributed by atoms with Crippen LogP contribution in [0.1, 0.15) is 86.0 Å². The highest BCUT2D eigenvalue weighted by molar-refractivity contribution is 5.79. The Morgan fingerprint density at radius 1 is 0.857 bits per heavy atom. The van der Waals surface area contributed by atoms with Crippen LogP contribution in [0.25, 0.3) is 0 Å². The predicted molar refractivity (Wildman–Crippen MR) is 171 cm³/mol. The van der Waals surface area contributed by atoms with E-state index in [0.29, 0.717) is 44.9 Å². The molecule has 0 amide bonds. The van der Waals surface area contributed by atoms with Crippen molar-refractivity contribution in [3.05, 3.63) is 11.6 Å². The smallest absolute Gasteiger partial charge is 0.315 e. The van der Waals surface area contributed by atoms with Gasteiger partial charge >= 0.3 is 11.9 Å². The minimum atomic E-state index is -1.92. The van der Waals surface area contributed by atoms with Crippen LogP contribution >= 0.6 is 0 Å². The fraction of sp³-hybridized carbons (Fsp3) is 0.889. The molecule has 5 aliphatic carbocycles. The molecule has 16 unspecified atom stereocenters. The SMILES string of the molecule is CC1(C)CCC2(C(=O)OC3OC(CO)C(O)C(O)C3O)CCC3(C)C(=CCC4C5(C)CC(O)C(O)C(CO)(C(=O)O)C5CCC43C)C2C1O. The van der Waals surface area contributed by atoms with Gasteiger partial charge < -0.3 is 55.4 Å². The summed E-state index contributed by atoms with van der Waals surface area (Å²) in [5.41, 5.74) is -4.57. The van der Waals surface area contributed by atoms with Gasteiger partial charge in [-0.2, -0.15) is 0 Å². The van der Waals surface area contributed by atoms with Crippen LogP contribution in [-0.2, 0) is 19.1 Å². The van der Waals surface area contributed by atoms with Crippen molar-refractivity contribution in [3.63, 3.8) is 0 Å². The minimum absolute atomic E-state index is 0.151. The first-order chi connectivity index (χ1) is 22.7. The number of carbonyl (C=O) groups is 2. The number of allylic oxidation sites excluding steroid dienone is 1. The number of esters is 1. The van der Waals surface area contributed by atoms with E-state index >= 15 is 0 Å². The monoisotopic (exact) mass is 696 g/mol. The van der Waals surface area contributed by atoms with Gasteiger partial charge in [0.25, 0.3) is 0 Å². The van der Waals surface area contributed by atoms with Crippen LogP contribution in [-0.4, -0.2) is 120 Å². The standard InChI is InChI=1S/C36H56O13/c1-31(2)10-12-35(30(47)49-28-25(42)24(41)23(40)19(15-37)48-28)13-11-33(4)17(22(35)27(31)44)6-7-20-32(3)14-18(39)26(43)36(16-38,29(45)46)21(32)8-9-34(20,33)5/h6,18-28,37-44H,7-16H2,1-5H3,(H,45,46). The van der Waals surface area contributed by atoms with E-state index in [0.717, 1.165) is 5.57 Å². The van der Waals surface area contributed by atoms with Gasteiger partial charge in [-0.3, -0.25) is 9.59 Å². The summed E-state index contributed by atoms with van der Waals surface area (Å²) in [5, 5.41) is 96.3. The molecule has 0 aromatic heterocycles. The Hall–Kier alpha value is -1.68. The van der Waals surface area contributed by atoms with E-state index in [2.05, 4.69) is 19.9 Å². The third kappa shape index (κ3) is 4.76. The van der Waals surface area contributed by atoms with Crippen molar-refractivity contribution in [2.45, 2.75) is 135 Å². The number of ether oxygens (including phenoxy) is 2. The minimum Gasteiger partial charge on any atom is -0.481 e. The summed E-state index contributed by atoms with van der Waals surface area (Å²) in [4.78, 5) is 27.2. The lowest BCUT2D eigenvalue weighted by molar-refractivity contribution is -0.298. The number of rotatable bonds is 5. The highest BCUT2D eigenvalue weighted by atomic mass is 16.7. The summed E-state index contributed by atoms with van der Waals surface area (Å²) >= 11 is 0. The molecule has 278 valence electrons. The quantitative estimate of drug-likeness (QED) is 0.141. The van der Waals surface area contributed by atoms with Gasteiger partial charge in [-0.1, -0.05) is 46.3 Å². The Bertz CT molecular complexity index is 1370. The van der Waals surface area contributed by atoms with Crippen molar-refractivity contribution in [2.24, 2.45) is 50.2 Å². The van der Waals surface area contributed by atoms with E-state index in [4.69, 9.17) is 9.47 Å². The second kappa shape index (κ2) is 11.9. The first-order valence-corrected chi connectivity index (χ1v) is 17.8. The van der Waals surface area contributed by atoms with Gasteiger partial charge in [0, 0.05) is 5.92 Å². The molecular weight excluding hydrogens is 640 g/mol. The van der Waals surface area contributed by atoms with Crippen LogP contribution in [0.2, 0.25) is 0 Å². The first-order valence-electron chi connectivity index (χ1n) is 17.8.